The number of aliphatic imine (C=N–C) groups is 1. The standard InChI is InChI=1S/C9H12N4OS/c1-5(2)13-7(6-3-15-4-11-6)8(10)12-9(13)14/h3-5,7H,1-2H3,(H2,10,12,14). The van der Waals surface area contributed by atoms with Crippen molar-refractivity contribution in [3.63, 3.8) is 0 Å². The molecule has 1 aromatic heterocycles. The number of nitrogens with zero attached hydrogens (tertiary/aromatic N) is 3. The van der Waals surface area contributed by atoms with Gasteiger partial charge >= 0.3 is 6.03 Å². The molecule has 0 aliphatic carbocycles. The fourth-order valence-electron chi connectivity index (χ4n) is 1.65. The summed E-state index contributed by atoms with van der Waals surface area (Å²) in [4.78, 5) is 21.2. The fourth-order valence-corrected chi connectivity index (χ4v) is 2.22. The Hall–Kier alpha value is -1.43. The van der Waals surface area contributed by atoms with E-state index in [4.69, 9.17) is 5.73 Å². The molecule has 0 aromatic carbocycles. The van der Waals surface area contributed by atoms with E-state index in [9.17, 15) is 4.79 Å². The van der Waals surface area contributed by atoms with Crippen molar-refractivity contribution in [3.05, 3.63) is 16.6 Å². The number of amidine groups is 1. The van der Waals surface area contributed by atoms with Gasteiger partial charge in [0.2, 0.25) is 0 Å². The molecule has 0 radical (unpaired) electrons. The first-order valence-electron chi connectivity index (χ1n) is 4.65. The van der Waals surface area contributed by atoms with Gasteiger partial charge < -0.3 is 10.6 Å². The molecule has 1 aliphatic heterocycles. The molecule has 0 saturated heterocycles. The lowest BCUT2D eigenvalue weighted by Crippen LogP contribution is -2.38. The van der Waals surface area contributed by atoms with Crippen molar-refractivity contribution in [2.75, 3.05) is 0 Å². The van der Waals surface area contributed by atoms with Crippen LogP contribution in [0.3, 0.4) is 0 Å². The number of hydrogen-bond donors (Lipinski definition) is 1. The number of urea groups is 1. The van der Waals surface area contributed by atoms with E-state index in [1.807, 2.05) is 19.2 Å². The van der Waals surface area contributed by atoms with Crippen LogP contribution in [0.15, 0.2) is 15.9 Å². The summed E-state index contributed by atoms with van der Waals surface area (Å²) in [5, 5.41) is 1.89. The number of aromatic nitrogens is 1. The number of carbonyl (C=O) groups excluding carboxylic acids is 1. The van der Waals surface area contributed by atoms with Crippen molar-refractivity contribution >= 4 is 23.2 Å². The van der Waals surface area contributed by atoms with Gasteiger partial charge in [-0.1, -0.05) is 0 Å². The molecular weight excluding hydrogens is 212 g/mol. The molecule has 2 amide bonds. The Morgan fingerprint density at radius 3 is 2.87 bits per heavy atom. The van der Waals surface area contributed by atoms with Crippen LogP contribution in [-0.4, -0.2) is 27.8 Å². The molecule has 1 aromatic rings. The van der Waals surface area contributed by atoms with Crippen LogP contribution in [0, 0.1) is 0 Å². The van der Waals surface area contributed by atoms with Crippen molar-refractivity contribution in [2.24, 2.45) is 10.7 Å². The fraction of sp³-hybridized carbons (Fsp3) is 0.444. The predicted molar refractivity (Wildman–Crippen MR) is 58.8 cm³/mol. The molecular formula is C9H12N4OS. The normalized spacial score (nSPS) is 21.3. The van der Waals surface area contributed by atoms with Gasteiger partial charge in [-0.25, -0.2) is 9.78 Å². The number of carbonyl (C=O) groups is 1. The lowest BCUT2D eigenvalue weighted by Gasteiger charge is -2.26. The summed E-state index contributed by atoms with van der Waals surface area (Å²) in [5.41, 5.74) is 8.26. The number of hydrogen-bond acceptors (Lipinski definition) is 4. The van der Waals surface area contributed by atoms with Crippen molar-refractivity contribution in [1.29, 1.82) is 0 Å². The summed E-state index contributed by atoms with van der Waals surface area (Å²) >= 11 is 1.48. The van der Waals surface area contributed by atoms with Gasteiger partial charge in [-0.05, 0) is 13.8 Å². The molecule has 0 spiro atoms. The molecule has 1 aliphatic rings. The Morgan fingerprint density at radius 2 is 2.33 bits per heavy atom. The van der Waals surface area contributed by atoms with Gasteiger partial charge in [0.05, 0.1) is 11.2 Å². The maximum Gasteiger partial charge on any atom is 0.346 e. The Kier molecular flexibility index (Phi) is 2.44. The second-order valence-electron chi connectivity index (χ2n) is 3.64. The Bertz CT molecular complexity index is 398. The van der Waals surface area contributed by atoms with E-state index in [0.717, 1.165) is 5.69 Å². The molecule has 0 saturated carbocycles. The Labute approximate surface area is 91.6 Å². The first kappa shape index (κ1) is 10.1. The Morgan fingerprint density at radius 1 is 1.60 bits per heavy atom. The largest absolute Gasteiger partial charge is 0.385 e. The number of thiazole rings is 1. The summed E-state index contributed by atoms with van der Waals surface area (Å²) in [5.74, 6) is 0.333. The molecule has 5 nitrogen and oxygen atoms in total. The van der Waals surface area contributed by atoms with Crippen LogP contribution in [0.25, 0.3) is 0 Å². The van der Waals surface area contributed by atoms with E-state index in [-0.39, 0.29) is 18.1 Å². The van der Waals surface area contributed by atoms with Gasteiger partial charge in [0.15, 0.2) is 0 Å². The summed E-state index contributed by atoms with van der Waals surface area (Å²) in [7, 11) is 0. The second kappa shape index (κ2) is 3.62. The van der Waals surface area contributed by atoms with Gasteiger partial charge in [-0.3, -0.25) is 0 Å². The summed E-state index contributed by atoms with van der Waals surface area (Å²) in [6.45, 7) is 3.87. The van der Waals surface area contributed by atoms with Gasteiger partial charge in [-0.2, -0.15) is 4.99 Å². The maximum atomic E-state index is 11.6. The molecule has 2 N–H and O–H groups in total. The van der Waals surface area contributed by atoms with Crippen molar-refractivity contribution in [1.82, 2.24) is 9.88 Å². The van der Waals surface area contributed by atoms with Gasteiger partial charge in [0.25, 0.3) is 0 Å². The van der Waals surface area contributed by atoms with Crippen molar-refractivity contribution < 1.29 is 4.79 Å². The van der Waals surface area contributed by atoms with E-state index in [2.05, 4.69) is 9.98 Å². The first-order valence-corrected chi connectivity index (χ1v) is 5.60. The molecule has 6 heteroatoms. The highest BCUT2D eigenvalue weighted by molar-refractivity contribution is 7.07. The minimum atomic E-state index is -0.288. The third kappa shape index (κ3) is 1.61. The van der Waals surface area contributed by atoms with Crippen LogP contribution in [0.1, 0.15) is 25.6 Å². The molecule has 2 rings (SSSR count). The van der Waals surface area contributed by atoms with Gasteiger partial charge in [-0.15, -0.1) is 11.3 Å². The zero-order valence-electron chi connectivity index (χ0n) is 8.54. The van der Waals surface area contributed by atoms with Crippen molar-refractivity contribution in [2.45, 2.75) is 25.9 Å². The summed E-state index contributed by atoms with van der Waals surface area (Å²) < 4.78 is 0. The minimum Gasteiger partial charge on any atom is -0.385 e. The Balaban J connectivity index is 2.37. The third-order valence-corrected chi connectivity index (χ3v) is 2.90. The van der Waals surface area contributed by atoms with E-state index >= 15 is 0 Å². The zero-order valence-corrected chi connectivity index (χ0v) is 9.36. The maximum absolute atomic E-state index is 11.6. The van der Waals surface area contributed by atoms with E-state index < -0.39 is 0 Å². The molecule has 0 bridgehead atoms. The highest BCUT2D eigenvalue weighted by Crippen LogP contribution is 2.28. The van der Waals surface area contributed by atoms with Crippen LogP contribution >= 0.6 is 11.3 Å². The van der Waals surface area contributed by atoms with Gasteiger partial charge in [0, 0.05) is 11.4 Å². The van der Waals surface area contributed by atoms with E-state index in [1.54, 1.807) is 10.4 Å². The quantitative estimate of drug-likeness (QED) is 0.825. The van der Waals surface area contributed by atoms with Crippen molar-refractivity contribution in [3.8, 4) is 0 Å². The average molecular weight is 224 g/mol. The minimum absolute atomic E-state index is 0.0639. The van der Waals surface area contributed by atoms with Gasteiger partial charge in [0.1, 0.15) is 11.9 Å². The molecule has 2 heterocycles. The molecule has 0 fully saturated rings. The number of amides is 2. The highest BCUT2D eigenvalue weighted by Gasteiger charge is 2.37. The first-order chi connectivity index (χ1) is 7.11. The van der Waals surface area contributed by atoms with Crippen LogP contribution in [0.4, 0.5) is 4.79 Å². The third-order valence-electron chi connectivity index (χ3n) is 2.29. The number of nitrogens with two attached hydrogens (primary N) is 1. The smallest absolute Gasteiger partial charge is 0.346 e. The summed E-state index contributed by atoms with van der Waals surface area (Å²) in [6.07, 6.45) is 0. The molecule has 1 unspecified atom stereocenters. The van der Waals surface area contributed by atoms with Crippen LogP contribution in [0.2, 0.25) is 0 Å². The molecule has 80 valence electrons. The zero-order chi connectivity index (χ0) is 11.0. The van der Waals surface area contributed by atoms with Crippen LogP contribution in [0.5, 0.6) is 0 Å². The number of rotatable bonds is 2. The summed E-state index contributed by atoms with van der Waals surface area (Å²) in [6, 6.07) is -0.502. The van der Waals surface area contributed by atoms with E-state index in [1.165, 1.54) is 11.3 Å². The predicted octanol–water partition coefficient (Wildman–Crippen LogP) is 1.39. The topological polar surface area (TPSA) is 71.6 Å². The average Bonchev–Trinajstić information content (AvgIpc) is 2.71. The molecule has 1 atom stereocenters. The molecule has 15 heavy (non-hydrogen) atoms. The lowest BCUT2D eigenvalue weighted by molar-refractivity contribution is 0.189. The second-order valence-corrected chi connectivity index (χ2v) is 4.35. The van der Waals surface area contributed by atoms with Crippen LogP contribution in [-0.2, 0) is 0 Å². The monoisotopic (exact) mass is 224 g/mol. The van der Waals surface area contributed by atoms with E-state index in [0.29, 0.717) is 5.84 Å². The highest BCUT2D eigenvalue weighted by atomic mass is 32.1. The van der Waals surface area contributed by atoms with Crippen LogP contribution < -0.4 is 5.73 Å². The lowest BCUT2D eigenvalue weighted by atomic mass is 10.1. The SMILES string of the molecule is CC(C)N1C(=O)N=C(N)C1c1cscn1.